The first-order chi connectivity index (χ1) is 17.1. The first-order valence-corrected chi connectivity index (χ1v) is 14.8. The largest absolute Gasteiger partial charge is 0.352 e. The maximum atomic E-state index is 13.7. The first kappa shape index (κ1) is 28.3. The molecule has 1 unspecified atom stereocenters. The van der Waals surface area contributed by atoms with Crippen LogP contribution in [0.25, 0.3) is 0 Å². The molecule has 0 saturated heterocycles. The molecular formula is C26H33Cl2N3O4S. The summed E-state index contributed by atoms with van der Waals surface area (Å²) in [6, 6.07) is 12.8. The topological polar surface area (TPSA) is 86.8 Å². The average Bonchev–Trinajstić information content (AvgIpc) is 2.84. The normalized spacial score (nSPS) is 15.2. The second kappa shape index (κ2) is 12.8. The highest BCUT2D eigenvalue weighted by atomic mass is 35.5. The Labute approximate surface area is 223 Å². The van der Waals surface area contributed by atoms with Gasteiger partial charge in [-0.1, -0.05) is 73.7 Å². The molecule has 0 heterocycles. The summed E-state index contributed by atoms with van der Waals surface area (Å²) in [5.74, 6) is -0.726. The summed E-state index contributed by atoms with van der Waals surface area (Å²) in [6.45, 7) is 1.49. The van der Waals surface area contributed by atoms with E-state index in [1.54, 1.807) is 48.5 Å². The molecule has 1 aliphatic rings. The van der Waals surface area contributed by atoms with Crippen LogP contribution in [0.15, 0.2) is 48.5 Å². The van der Waals surface area contributed by atoms with Gasteiger partial charge in [-0.3, -0.25) is 13.9 Å². The summed E-state index contributed by atoms with van der Waals surface area (Å²) in [4.78, 5) is 28.5. The van der Waals surface area contributed by atoms with Crippen LogP contribution in [0.4, 0.5) is 5.69 Å². The number of amides is 2. The van der Waals surface area contributed by atoms with Gasteiger partial charge in [-0.05, 0) is 49.1 Å². The van der Waals surface area contributed by atoms with Crippen molar-refractivity contribution in [2.24, 2.45) is 0 Å². The standard InChI is InChI=1S/C26H33Cl2N3O4S/c1-3-23(26(33)29-21-9-5-4-6-10-21)30(17-19-13-15-20(27)16-14-19)25(32)18-31(36(2,34)35)24-12-8-7-11-22(24)28/h7-8,11-16,21,23H,3-6,9-10,17-18H2,1-2H3,(H,29,33). The molecule has 0 aliphatic heterocycles. The second-order valence-corrected chi connectivity index (χ2v) is 11.9. The molecule has 1 saturated carbocycles. The highest BCUT2D eigenvalue weighted by Crippen LogP contribution is 2.28. The summed E-state index contributed by atoms with van der Waals surface area (Å²) in [6.07, 6.45) is 6.53. The monoisotopic (exact) mass is 553 g/mol. The van der Waals surface area contributed by atoms with Gasteiger partial charge in [0.25, 0.3) is 0 Å². The van der Waals surface area contributed by atoms with Gasteiger partial charge in [0.1, 0.15) is 12.6 Å². The quantitative estimate of drug-likeness (QED) is 0.447. The fourth-order valence-electron chi connectivity index (χ4n) is 4.50. The molecular weight excluding hydrogens is 521 g/mol. The van der Waals surface area contributed by atoms with Crippen molar-refractivity contribution in [3.05, 3.63) is 64.1 Å². The fraction of sp³-hybridized carbons (Fsp3) is 0.462. The number of rotatable bonds is 10. The molecule has 2 aromatic carbocycles. The van der Waals surface area contributed by atoms with Crippen molar-refractivity contribution in [1.29, 1.82) is 0 Å². The van der Waals surface area contributed by atoms with E-state index in [4.69, 9.17) is 23.2 Å². The Morgan fingerprint density at radius 3 is 2.25 bits per heavy atom. The van der Waals surface area contributed by atoms with Crippen LogP contribution in [0.3, 0.4) is 0 Å². The van der Waals surface area contributed by atoms with E-state index < -0.39 is 28.5 Å². The van der Waals surface area contributed by atoms with Crippen LogP contribution in [0.2, 0.25) is 10.0 Å². The lowest BCUT2D eigenvalue weighted by atomic mass is 9.95. The second-order valence-electron chi connectivity index (χ2n) is 9.14. The van der Waals surface area contributed by atoms with Gasteiger partial charge in [0.2, 0.25) is 21.8 Å². The Kier molecular flexibility index (Phi) is 10.0. The Morgan fingerprint density at radius 2 is 1.67 bits per heavy atom. The van der Waals surface area contributed by atoms with E-state index in [1.807, 2.05) is 6.92 Å². The molecule has 36 heavy (non-hydrogen) atoms. The van der Waals surface area contributed by atoms with Crippen LogP contribution < -0.4 is 9.62 Å². The van der Waals surface area contributed by atoms with Crippen molar-refractivity contribution < 1.29 is 18.0 Å². The van der Waals surface area contributed by atoms with Gasteiger partial charge in [-0.25, -0.2) is 8.42 Å². The number of carbonyl (C=O) groups excluding carboxylic acids is 2. The minimum absolute atomic E-state index is 0.0865. The van der Waals surface area contributed by atoms with E-state index in [0.29, 0.717) is 11.4 Å². The molecule has 1 aliphatic carbocycles. The van der Waals surface area contributed by atoms with Crippen LogP contribution in [0.1, 0.15) is 51.0 Å². The van der Waals surface area contributed by atoms with Gasteiger partial charge in [0, 0.05) is 17.6 Å². The summed E-state index contributed by atoms with van der Waals surface area (Å²) < 4.78 is 26.3. The van der Waals surface area contributed by atoms with E-state index >= 15 is 0 Å². The first-order valence-electron chi connectivity index (χ1n) is 12.2. The Balaban J connectivity index is 1.91. The highest BCUT2D eigenvalue weighted by molar-refractivity contribution is 7.92. The number of hydrogen-bond donors (Lipinski definition) is 1. The predicted octanol–water partition coefficient (Wildman–Crippen LogP) is 5.02. The molecule has 1 fully saturated rings. The molecule has 0 spiro atoms. The van der Waals surface area contributed by atoms with E-state index in [-0.39, 0.29) is 29.2 Å². The zero-order valence-electron chi connectivity index (χ0n) is 20.6. The lowest BCUT2D eigenvalue weighted by Gasteiger charge is -2.34. The number of sulfonamides is 1. The zero-order valence-corrected chi connectivity index (χ0v) is 23.0. The maximum absolute atomic E-state index is 13.7. The van der Waals surface area contributed by atoms with E-state index in [1.165, 1.54) is 4.90 Å². The summed E-state index contributed by atoms with van der Waals surface area (Å²) in [5.41, 5.74) is 0.987. The number of nitrogens with zero attached hydrogens (tertiary/aromatic N) is 2. The zero-order chi connectivity index (χ0) is 26.3. The van der Waals surface area contributed by atoms with Gasteiger partial charge in [0.15, 0.2) is 0 Å². The number of anilines is 1. The average molecular weight is 555 g/mol. The smallest absolute Gasteiger partial charge is 0.244 e. The Morgan fingerprint density at radius 1 is 1.03 bits per heavy atom. The SMILES string of the molecule is CCC(C(=O)NC1CCCCC1)N(Cc1ccc(Cl)cc1)C(=O)CN(c1ccccc1Cl)S(C)(=O)=O. The van der Waals surface area contributed by atoms with Gasteiger partial charge < -0.3 is 10.2 Å². The summed E-state index contributed by atoms with van der Waals surface area (Å²) in [5, 5.41) is 3.88. The molecule has 2 amide bonds. The van der Waals surface area contributed by atoms with Crippen LogP contribution >= 0.6 is 23.2 Å². The lowest BCUT2D eigenvalue weighted by Crippen LogP contribution is -2.54. The third kappa shape index (κ3) is 7.60. The molecule has 0 bridgehead atoms. The van der Waals surface area contributed by atoms with Gasteiger partial charge in [-0.15, -0.1) is 0 Å². The van der Waals surface area contributed by atoms with Crippen LogP contribution in [0.5, 0.6) is 0 Å². The molecule has 3 rings (SSSR count). The number of para-hydroxylation sites is 1. The van der Waals surface area contributed by atoms with Gasteiger partial charge in [0.05, 0.1) is 17.0 Å². The van der Waals surface area contributed by atoms with E-state index in [2.05, 4.69) is 5.32 Å². The number of benzene rings is 2. The van der Waals surface area contributed by atoms with Crippen molar-refractivity contribution in [1.82, 2.24) is 10.2 Å². The van der Waals surface area contributed by atoms with Crippen molar-refractivity contribution >= 4 is 50.7 Å². The van der Waals surface area contributed by atoms with Crippen molar-refractivity contribution in [2.75, 3.05) is 17.1 Å². The highest BCUT2D eigenvalue weighted by Gasteiger charge is 2.33. The molecule has 196 valence electrons. The Bertz CT molecular complexity index is 1150. The number of halogens is 2. The maximum Gasteiger partial charge on any atom is 0.244 e. The molecule has 1 atom stereocenters. The van der Waals surface area contributed by atoms with Crippen molar-refractivity contribution in [3.63, 3.8) is 0 Å². The lowest BCUT2D eigenvalue weighted by molar-refractivity contribution is -0.140. The summed E-state index contributed by atoms with van der Waals surface area (Å²) >= 11 is 12.3. The molecule has 0 radical (unpaired) electrons. The third-order valence-corrected chi connectivity index (χ3v) is 8.10. The van der Waals surface area contributed by atoms with Gasteiger partial charge >= 0.3 is 0 Å². The molecule has 1 N–H and O–H groups in total. The number of hydrogen-bond acceptors (Lipinski definition) is 4. The molecule has 0 aromatic heterocycles. The van der Waals surface area contributed by atoms with Gasteiger partial charge in [-0.2, -0.15) is 0 Å². The van der Waals surface area contributed by atoms with Crippen molar-refractivity contribution in [3.8, 4) is 0 Å². The van der Waals surface area contributed by atoms with E-state index in [9.17, 15) is 18.0 Å². The van der Waals surface area contributed by atoms with Crippen LogP contribution in [0, 0.1) is 0 Å². The van der Waals surface area contributed by atoms with Crippen LogP contribution in [-0.4, -0.2) is 50.0 Å². The Hall–Kier alpha value is -2.29. The fourth-order valence-corrected chi connectivity index (χ4v) is 5.77. The minimum atomic E-state index is -3.84. The molecule has 7 nitrogen and oxygen atoms in total. The minimum Gasteiger partial charge on any atom is -0.352 e. The summed E-state index contributed by atoms with van der Waals surface area (Å²) in [7, 11) is -3.84. The predicted molar refractivity (Wildman–Crippen MR) is 145 cm³/mol. The number of carbonyl (C=O) groups is 2. The third-order valence-electron chi connectivity index (χ3n) is 6.40. The van der Waals surface area contributed by atoms with Crippen LogP contribution in [-0.2, 0) is 26.2 Å². The number of nitrogens with one attached hydrogen (secondary N) is 1. The van der Waals surface area contributed by atoms with E-state index in [0.717, 1.165) is 48.2 Å². The molecule has 2 aromatic rings. The molecule has 10 heteroatoms. The van der Waals surface area contributed by atoms with Crippen molar-refractivity contribution in [2.45, 2.75) is 64.1 Å².